The zero-order chi connectivity index (χ0) is 12.7. The van der Waals surface area contributed by atoms with Gasteiger partial charge in [-0.05, 0) is 31.2 Å². The van der Waals surface area contributed by atoms with E-state index in [1.165, 1.54) is 0 Å². The van der Waals surface area contributed by atoms with E-state index < -0.39 is 0 Å². The maximum atomic E-state index is 11.6. The molecule has 0 aliphatic rings. The molecule has 1 amide bonds. The third-order valence-electron chi connectivity index (χ3n) is 2.16. The van der Waals surface area contributed by atoms with E-state index in [0.29, 0.717) is 6.61 Å². The largest absolute Gasteiger partial charge is 0.383 e. The van der Waals surface area contributed by atoms with Gasteiger partial charge in [0, 0.05) is 23.3 Å². The van der Waals surface area contributed by atoms with Crippen molar-refractivity contribution in [3.8, 4) is 0 Å². The summed E-state index contributed by atoms with van der Waals surface area (Å²) in [5.74, 6) is -0.0599. The van der Waals surface area contributed by atoms with Gasteiger partial charge < -0.3 is 15.4 Å². The molecule has 1 unspecified atom stereocenters. The first kappa shape index (κ1) is 14.2. The van der Waals surface area contributed by atoms with Gasteiger partial charge in [-0.1, -0.05) is 15.9 Å². The van der Waals surface area contributed by atoms with Crippen LogP contribution in [0.4, 0.5) is 5.69 Å². The number of anilines is 1. The normalized spacial score (nSPS) is 12.2. The number of hydrogen-bond donors (Lipinski definition) is 2. The molecule has 94 valence electrons. The highest BCUT2D eigenvalue weighted by molar-refractivity contribution is 9.10. The first-order valence-corrected chi connectivity index (χ1v) is 6.19. The monoisotopic (exact) mass is 300 g/mol. The minimum absolute atomic E-state index is 0.0599. The van der Waals surface area contributed by atoms with E-state index in [9.17, 15) is 4.79 Å². The zero-order valence-electron chi connectivity index (χ0n) is 10.00. The third kappa shape index (κ3) is 5.81. The summed E-state index contributed by atoms with van der Waals surface area (Å²) in [5, 5.41) is 5.87. The van der Waals surface area contributed by atoms with Gasteiger partial charge >= 0.3 is 0 Å². The molecule has 1 aromatic carbocycles. The lowest BCUT2D eigenvalue weighted by Crippen LogP contribution is -2.36. The smallest absolute Gasteiger partial charge is 0.238 e. The molecule has 0 aromatic heterocycles. The summed E-state index contributed by atoms with van der Waals surface area (Å²) in [7, 11) is 1.64. The van der Waals surface area contributed by atoms with E-state index in [0.717, 1.165) is 10.2 Å². The molecule has 5 heteroatoms. The predicted octanol–water partition coefficient (Wildman–Crippen LogP) is 2.01. The average Bonchev–Trinajstić information content (AvgIpc) is 2.30. The van der Waals surface area contributed by atoms with Gasteiger partial charge in [0.25, 0.3) is 0 Å². The highest BCUT2D eigenvalue weighted by Gasteiger charge is 2.05. The van der Waals surface area contributed by atoms with Gasteiger partial charge in [0.15, 0.2) is 0 Å². The van der Waals surface area contributed by atoms with Crippen LogP contribution in [0.25, 0.3) is 0 Å². The van der Waals surface area contributed by atoms with Crippen LogP contribution < -0.4 is 10.6 Å². The lowest BCUT2D eigenvalue weighted by molar-refractivity contribution is -0.115. The summed E-state index contributed by atoms with van der Waals surface area (Å²) in [6.45, 7) is 2.84. The van der Waals surface area contributed by atoms with E-state index in [2.05, 4.69) is 26.6 Å². The van der Waals surface area contributed by atoms with Crippen molar-refractivity contribution in [2.75, 3.05) is 25.6 Å². The number of halogens is 1. The molecule has 0 saturated heterocycles. The van der Waals surface area contributed by atoms with E-state index in [4.69, 9.17) is 4.74 Å². The van der Waals surface area contributed by atoms with Crippen LogP contribution in [-0.4, -0.2) is 32.2 Å². The summed E-state index contributed by atoms with van der Waals surface area (Å²) in [6.07, 6.45) is 0. The number of rotatable bonds is 6. The first-order chi connectivity index (χ1) is 8.11. The van der Waals surface area contributed by atoms with E-state index in [1.807, 2.05) is 31.2 Å². The van der Waals surface area contributed by atoms with Crippen molar-refractivity contribution in [1.82, 2.24) is 5.32 Å². The highest BCUT2D eigenvalue weighted by atomic mass is 79.9. The Kier molecular flexibility index (Phi) is 6.18. The molecule has 1 aromatic rings. The molecule has 4 nitrogen and oxygen atoms in total. The maximum Gasteiger partial charge on any atom is 0.238 e. The molecule has 17 heavy (non-hydrogen) atoms. The molecule has 1 atom stereocenters. The summed E-state index contributed by atoms with van der Waals surface area (Å²) in [4.78, 5) is 11.6. The standard InChI is InChI=1S/C12H17BrN2O2/c1-9(8-17-2)14-7-12(16)15-11-5-3-10(13)4-6-11/h3-6,9,14H,7-8H2,1-2H3,(H,15,16). The summed E-state index contributed by atoms with van der Waals surface area (Å²) < 4.78 is 5.96. The van der Waals surface area contributed by atoms with Crippen LogP contribution in [0.2, 0.25) is 0 Å². The molecule has 0 aliphatic heterocycles. The summed E-state index contributed by atoms with van der Waals surface area (Å²) >= 11 is 3.34. The second kappa shape index (κ2) is 7.42. The van der Waals surface area contributed by atoms with Gasteiger partial charge in [0.2, 0.25) is 5.91 Å². The van der Waals surface area contributed by atoms with Crippen LogP contribution in [0.1, 0.15) is 6.92 Å². The number of hydrogen-bond acceptors (Lipinski definition) is 3. The Balaban J connectivity index is 2.32. The molecule has 2 N–H and O–H groups in total. The number of benzene rings is 1. The van der Waals surface area contributed by atoms with Gasteiger partial charge in [-0.25, -0.2) is 0 Å². The van der Waals surface area contributed by atoms with E-state index in [-0.39, 0.29) is 18.5 Å². The predicted molar refractivity (Wildman–Crippen MR) is 72.1 cm³/mol. The molecule has 0 saturated carbocycles. The quantitative estimate of drug-likeness (QED) is 0.845. The van der Waals surface area contributed by atoms with Crippen LogP contribution in [0, 0.1) is 0 Å². The van der Waals surface area contributed by atoms with Gasteiger partial charge in [-0.2, -0.15) is 0 Å². The second-order valence-electron chi connectivity index (χ2n) is 3.79. The second-order valence-corrected chi connectivity index (χ2v) is 4.71. The molecule has 0 fully saturated rings. The van der Waals surface area contributed by atoms with Crippen molar-refractivity contribution in [1.29, 1.82) is 0 Å². The van der Waals surface area contributed by atoms with Gasteiger partial charge in [-0.15, -0.1) is 0 Å². The molecule has 1 rings (SSSR count). The number of ether oxygens (including phenoxy) is 1. The lowest BCUT2D eigenvalue weighted by Gasteiger charge is -2.12. The van der Waals surface area contributed by atoms with Gasteiger partial charge in [0.1, 0.15) is 0 Å². The van der Waals surface area contributed by atoms with Crippen molar-refractivity contribution >= 4 is 27.5 Å². The fourth-order valence-corrected chi connectivity index (χ4v) is 1.58. The minimum atomic E-state index is -0.0599. The zero-order valence-corrected chi connectivity index (χ0v) is 11.6. The van der Waals surface area contributed by atoms with Crippen molar-refractivity contribution in [3.63, 3.8) is 0 Å². The van der Waals surface area contributed by atoms with E-state index >= 15 is 0 Å². The van der Waals surface area contributed by atoms with E-state index in [1.54, 1.807) is 7.11 Å². The first-order valence-electron chi connectivity index (χ1n) is 5.39. The minimum Gasteiger partial charge on any atom is -0.383 e. The Morgan fingerprint density at radius 1 is 1.41 bits per heavy atom. The van der Waals surface area contributed by atoms with Crippen LogP contribution in [0.3, 0.4) is 0 Å². The van der Waals surface area contributed by atoms with Crippen LogP contribution in [-0.2, 0) is 9.53 Å². The molecule has 0 bridgehead atoms. The molecule has 0 aliphatic carbocycles. The third-order valence-corrected chi connectivity index (χ3v) is 2.68. The molecular formula is C12H17BrN2O2. The molecular weight excluding hydrogens is 284 g/mol. The number of carbonyl (C=O) groups is 1. The summed E-state index contributed by atoms with van der Waals surface area (Å²) in [5.41, 5.74) is 0.791. The lowest BCUT2D eigenvalue weighted by atomic mass is 10.3. The van der Waals surface area contributed by atoms with Crippen molar-refractivity contribution in [2.24, 2.45) is 0 Å². The Morgan fingerprint density at radius 2 is 2.06 bits per heavy atom. The SMILES string of the molecule is COCC(C)NCC(=O)Nc1ccc(Br)cc1. The Labute approximate surface area is 110 Å². The van der Waals surface area contributed by atoms with Gasteiger partial charge in [0.05, 0.1) is 13.2 Å². The van der Waals surface area contributed by atoms with Crippen LogP contribution in [0.5, 0.6) is 0 Å². The van der Waals surface area contributed by atoms with Gasteiger partial charge in [-0.3, -0.25) is 4.79 Å². The van der Waals surface area contributed by atoms with Crippen molar-refractivity contribution in [2.45, 2.75) is 13.0 Å². The topological polar surface area (TPSA) is 50.4 Å². The highest BCUT2D eigenvalue weighted by Crippen LogP contribution is 2.13. The van der Waals surface area contributed by atoms with Crippen LogP contribution in [0.15, 0.2) is 28.7 Å². The fraction of sp³-hybridized carbons (Fsp3) is 0.417. The van der Waals surface area contributed by atoms with Crippen LogP contribution >= 0.6 is 15.9 Å². The number of carbonyl (C=O) groups excluding carboxylic acids is 1. The number of amides is 1. The Morgan fingerprint density at radius 3 is 2.65 bits per heavy atom. The number of nitrogens with one attached hydrogen (secondary N) is 2. The molecule has 0 heterocycles. The fourth-order valence-electron chi connectivity index (χ4n) is 1.31. The molecule has 0 spiro atoms. The van der Waals surface area contributed by atoms with Crippen molar-refractivity contribution < 1.29 is 9.53 Å². The van der Waals surface area contributed by atoms with Crippen molar-refractivity contribution in [3.05, 3.63) is 28.7 Å². The Hall–Kier alpha value is -0.910. The average molecular weight is 301 g/mol. The Bertz CT molecular complexity index is 354. The molecule has 0 radical (unpaired) electrons. The number of methoxy groups -OCH3 is 1. The maximum absolute atomic E-state index is 11.6. The summed E-state index contributed by atoms with van der Waals surface area (Å²) in [6, 6.07) is 7.63.